The van der Waals surface area contributed by atoms with Crippen LogP contribution in [0.4, 0.5) is 5.82 Å². The number of piperazine rings is 1. The first-order valence-corrected chi connectivity index (χ1v) is 15.7. The van der Waals surface area contributed by atoms with Crippen molar-refractivity contribution in [3.63, 3.8) is 0 Å². The van der Waals surface area contributed by atoms with E-state index in [1.165, 1.54) is 12.0 Å². The van der Waals surface area contributed by atoms with Crippen LogP contribution in [-0.4, -0.2) is 96.0 Å². The number of benzene rings is 1. The maximum absolute atomic E-state index is 9.80. The minimum atomic E-state index is 0.535. The van der Waals surface area contributed by atoms with Crippen molar-refractivity contribution in [2.75, 3.05) is 64.4 Å². The highest BCUT2D eigenvalue weighted by molar-refractivity contribution is 5.85. The van der Waals surface area contributed by atoms with E-state index in [0.717, 1.165) is 98.2 Å². The van der Waals surface area contributed by atoms with E-state index >= 15 is 0 Å². The highest BCUT2D eigenvalue weighted by atomic mass is 16.5. The third kappa shape index (κ3) is 5.05. The molecule has 10 nitrogen and oxygen atoms in total. The monoisotopic (exact) mass is 590 g/mol. The van der Waals surface area contributed by atoms with Crippen LogP contribution in [0.15, 0.2) is 61.1 Å². The molecule has 4 aromatic rings. The molecule has 4 unspecified atom stereocenters. The highest BCUT2D eigenvalue weighted by Crippen LogP contribution is 2.37. The molecule has 1 aromatic carbocycles. The van der Waals surface area contributed by atoms with Gasteiger partial charge in [0, 0.05) is 68.7 Å². The minimum Gasteiger partial charge on any atom is -0.497 e. The summed E-state index contributed by atoms with van der Waals surface area (Å²) in [5, 5.41) is 17.8. The number of anilines is 1. The zero-order valence-corrected chi connectivity index (χ0v) is 25.1. The molecule has 44 heavy (non-hydrogen) atoms. The van der Waals surface area contributed by atoms with Gasteiger partial charge < -0.3 is 19.7 Å². The summed E-state index contributed by atoms with van der Waals surface area (Å²) in [4.78, 5) is 12.4. The van der Waals surface area contributed by atoms with E-state index in [9.17, 15) is 5.26 Å². The number of hydrogen-bond acceptors (Lipinski definition) is 9. The van der Waals surface area contributed by atoms with Crippen LogP contribution >= 0.6 is 0 Å². The van der Waals surface area contributed by atoms with Crippen molar-refractivity contribution in [3.05, 3.63) is 72.2 Å². The number of rotatable bonds is 9. The number of pyridine rings is 2. The summed E-state index contributed by atoms with van der Waals surface area (Å²) in [5.41, 5.74) is 4.50. The van der Waals surface area contributed by atoms with Crippen molar-refractivity contribution in [1.29, 1.82) is 5.26 Å². The van der Waals surface area contributed by atoms with E-state index in [1.807, 2.05) is 30.6 Å². The van der Waals surface area contributed by atoms with E-state index in [1.54, 1.807) is 17.8 Å². The quantitative estimate of drug-likeness (QED) is 0.315. The molecule has 0 saturated carbocycles. The Bertz CT molecular complexity index is 1660. The first kappa shape index (κ1) is 27.4. The topological polar surface area (TPSA) is 94.2 Å². The SMILES string of the molecule is COc1ccc(CN2C3CC2CN(c2ccc(-c4cc(OCCN5CC6CNCC6C5)cn5ncc(C#N)c45)cn2)C3)cc1. The van der Waals surface area contributed by atoms with Gasteiger partial charge in [-0.15, -0.1) is 0 Å². The molecule has 5 saturated heterocycles. The van der Waals surface area contributed by atoms with E-state index in [-0.39, 0.29) is 0 Å². The van der Waals surface area contributed by atoms with Gasteiger partial charge in [0.1, 0.15) is 30.0 Å². The van der Waals surface area contributed by atoms with E-state index in [4.69, 9.17) is 14.5 Å². The molecule has 0 amide bonds. The summed E-state index contributed by atoms with van der Waals surface area (Å²) in [7, 11) is 1.70. The predicted octanol–water partition coefficient (Wildman–Crippen LogP) is 3.27. The molecule has 9 rings (SSSR count). The van der Waals surface area contributed by atoms with Crippen LogP contribution in [0.5, 0.6) is 11.5 Å². The van der Waals surface area contributed by atoms with Gasteiger partial charge in [-0.2, -0.15) is 10.4 Å². The van der Waals surface area contributed by atoms with Gasteiger partial charge in [0.05, 0.1) is 30.6 Å². The van der Waals surface area contributed by atoms with Gasteiger partial charge >= 0.3 is 0 Å². The Balaban J connectivity index is 0.950. The first-order chi connectivity index (χ1) is 21.6. The van der Waals surface area contributed by atoms with Crippen molar-refractivity contribution in [1.82, 2.24) is 29.7 Å². The number of methoxy groups -OCH3 is 1. The summed E-state index contributed by atoms with van der Waals surface area (Å²) >= 11 is 0. The van der Waals surface area contributed by atoms with E-state index in [0.29, 0.717) is 24.3 Å². The Labute approximate surface area is 257 Å². The Morgan fingerprint density at radius 1 is 0.977 bits per heavy atom. The molecule has 5 fully saturated rings. The fourth-order valence-corrected chi connectivity index (χ4v) is 7.71. The lowest BCUT2D eigenvalue weighted by Crippen LogP contribution is -2.68. The molecule has 2 bridgehead atoms. The largest absolute Gasteiger partial charge is 0.497 e. The Hall–Kier alpha value is -4.17. The molecule has 0 spiro atoms. The highest BCUT2D eigenvalue weighted by Gasteiger charge is 2.44. The van der Waals surface area contributed by atoms with Gasteiger partial charge in [-0.05, 0) is 67.2 Å². The number of fused-ring (bicyclic) bond motifs is 4. The number of hydrogen-bond donors (Lipinski definition) is 1. The Morgan fingerprint density at radius 2 is 1.77 bits per heavy atom. The van der Waals surface area contributed by atoms with Crippen molar-refractivity contribution in [2.45, 2.75) is 25.0 Å². The van der Waals surface area contributed by atoms with Crippen LogP contribution in [0.1, 0.15) is 17.5 Å². The molecule has 0 aliphatic carbocycles. The third-order valence-corrected chi connectivity index (χ3v) is 10.1. The maximum atomic E-state index is 9.80. The van der Waals surface area contributed by atoms with Crippen LogP contribution in [-0.2, 0) is 6.54 Å². The van der Waals surface area contributed by atoms with Gasteiger partial charge in [-0.25, -0.2) is 9.50 Å². The molecule has 5 aliphatic rings. The number of likely N-dealkylation sites (tertiary alicyclic amines) is 1. The lowest BCUT2D eigenvalue weighted by atomic mass is 9.86. The summed E-state index contributed by atoms with van der Waals surface area (Å²) in [6.07, 6.45) is 6.67. The second-order valence-electron chi connectivity index (χ2n) is 12.7. The standard InChI is InChI=1S/C34H38N8O2/c1-43-30-5-2-23(3-6-30)17-41-28-10-29(41)21-40(20-28)33-7-4-24(15-37-33)32-11-31(22-42-34(32)25(12-35)16-38-42)44-9-8-39-18-26-13-36-14-27(26)19-39/h2-7,11,15-16,22,26-29,36H,8-10,13-14,17-21H2,1H3. The van der Waals surface area contributed by atoms with Crippen molar-refractivity contribution in [3.8, 4) is 28.7 Å². The Kier molecular flexibility index (Phi) is 7.09. The molecular weight excluding hydrogens is 552 g/mol. The normalized spacial score (nSPS) is 24.7. The average molecular weight is 591 g/mol. The molecule has 0 radical (unpaired) electrons. The summed E-state index contributed by atoms with van der Waals surface area (Å²) in [6.45, 7) is 9.01. The van der Waals surface area contributed by atoms with Gasteiger partial charge in [-0.3, -0.25) is 9.80 Å². The van der Waals surface area contributed by atoms with E-state index in [2.05, 4.69) is 55.4 Å². The van der Waals surface area contributed by atoms with Crippen LogP contribution in [0.2, 0.25) is 0 Å². The Morgan fingerprint density at radius 3 is 2.48 bits per heavy atom. The molecule has 226 valence electrons. The molecule has 10 heteroatoms. The fourth-order valence-electron chi connectivity index (χ4n) is 7.71. The van der Waals surface area contributed by atoms with Gasteiger partial charge in [0.15, 0.2) is 0 Å². The van der Waals surface area contributed by atoms with Crippen LogP contribution in [0, 0.1) is 23.2 Å². The number of nitrogens with zero attached hydrogens (tertiary/aromatic N) is 7. The first-order valence-electron chi connectivity index (χ1n) is 15.7. The van der Waals surface area contributed by atoms with Crippen molar-refractivity contribution < 1.29 is 9.47 Å². The average Bonchev–Trinajstić information content (AvgIpc) is 3.79. The number of piperidine rings is 1. The van der Waals surface area contributed by atoms with Crippen molar-refractivity contribution in [2.24, 2.45) is 11.8 Å². The van der Waals surface area contributed by atoms with Gasteiger partial charge in [0.25, 0.3) is 0 Å². The number of ether oxygens (including phenoxy) is 2. The van der Waals surface area contributed by atoms with Crippen LogP contribution in [0.25, 0.3) is 16.6 Å². The molecular formula is C34H38N8O2. The summed E-state index contributed by atoms with van der Waals surface area (Å²) in [5.74, 6) is 4.19. The van der Waals surface area contributed by atoms with E-state index < -0.39 is 0 Å². The second-order valence-corrected chi connectivity index (χ2v) is 12.7. The molecule has 8 heterocycles. The molecule has 3 aromatic heterocycles. The van der Waals surface area contributed by atoms with Gasteiger partial charge in [0.2, 0.25) is 0 Å². The third-order valence-electron chi connectivity index (χ3n) is 10.1. The summed E-state index contributed by atoms with van der Waals surface area (Å²) in [6, 6.07) is 18.0. The van der Waals surface area contributed by atoms with Crippen LogP contribution in [0.3, 0.4) is 0 Å². The number of aromatic nitrogens is 3. The molecule has 5 aliphatic heterocycles. The minimum absolute atomic E-state index is 0.535. The van der Waals surface area contributed by atoms with Crippen molar-refractivity contribution >= 4 is 11.3 Å². The van der Waals surface area contributed by atoms with Gasteiger partial charge in [-0.1, -0.05) is 12.1 Å². The summed E-state index contributed by atoms with van der Waals surface area (Å²) < 4.78 is 13.3. The smallest absolute Gasteiger partial charge is 0.138 e. The fraction of sp³-hybridized carbons (Fsp3) is 0.441. The second kappa shape index (κ2) is 11.4. The zero-order chi connectivity index (χ0) is 29.6. The lowest BCUT2D eigenvalue weighted by Gasteiger charge is -2.56. The number of nitrogens with one attached hydrogen (secondary N) is 1. The molecule has 4 atom stereocenters. The lowest BCUT2D eigenvalue weighted by molar-refractivity contribution is -0.00868. The molecule has 1 N–H and O–H groups in total. The predicted molar refractivity (Wildman–Crippen MR) is 168 cm³/mol. The van der Waals surface area contributed by atoms with Crippen LogP contribution < -0.4 is 19.7 Å². The number of nitriles is 1. The maximum Gasteiger partial charge on any atom is 0.138 e. The zero-order valence-electron chi connectivity index (χ0n) is 25.1.